The first kappa shape index (κ1) is 27.9. The van der Waals surface area contributed by atoms with Crippen molar-refractivity contribution in [3.05, 3.63) is 151 Å². The van der Waals surface area contributed by atoms with E-state index in [1.165, 1.54) is 27.3 Å². The highest BCUT2D eigenvalue weighted by molar-refractivity contribution is 6.23. The molecule has 0 aliphatic carbocycles. The highest BCUT2D eigenvalue weighted by Gasteiger charge is 2.20. The van der Waals surface area contributed by atoms with Crippen molar-refractivity contribution in [2.75, 3.05) is 0 Å². The minimum Gasteiger partial charge on any atom is -0.253 e. The molecule has 48 heavy (non-hydrogen) atoms. The van der Waals surface area contributed by atoms with Gasteiger partial charge in [0.15, 0.2) is 17.5 Å². The molecule has 0 fully saturated rings. The lowest BCUT2D eigenvalue weighted by molar-refractivity contribution is 1.07. The van der Waals surface area contributed by atoms with Gasteiger partial charge in [-0.2, -0.15) is 0 Å². The third kappa shape index (κ3) is 4.67. The summed E-state index contributed by atoms with van der Waals surface area (Å²) in [7, 11) is 0. The minimum atomic E-state index is 0.578. The Morgan fingerprint density at radius 1 is 0.396 bits per heavy atom. The van der Waals surface area contributed by atoms with Crippen LogP contribution in [0.15, 0.2) is 140 Å². The van der Waals surface area contributed by atoms with Crippen LogP contribution in [-0.4, -0.2) is 24.9 Å². The van der Waals surface area contributed by atoms with Crippen LogP contribution in [0.25, 0.3) is 88.8 Å². The van der Waals surface area contributed by atoms with Crippen LogP contribution in [0.4, 0.5) is 0 Å². The number of pyridine rings is 2. The van der Waals surface area contributed by atoms with Crippen molar-refractivity contribution in [1.82, 2.24) is 24.9 Å². The molecule has 5 nitrogen and oxygen atoms in total. The molecule has 9 aromatic rings. The van der Waals surface area contributed by atoms with Crippen molar-refractivity contribution < 1.29 is 0 Å². The summed E-state index contributed by atoms with van der Waals surface area (Å²) in [6.07, 6.45) is 1.90. The van der Waals surface area contributed by atoms with Crippen LogP contribution in [0.2, 0.25) is 0 Å². The van der Waals surface area contributed by atoms with E-state index < -0.39 is 0 Å². The predicted molar refractivity (Wildman–Crippen MR) is 197 cm³/mol. The van der Waals surface area contributed by atoms with Gasteiger partial charge in [-0.15, -0.1) is 0 Å². The average Bonchev–Trinajstić information content (AvgIpc) is 3.14. The molecular weight excluding hydrogens is 587 g/mol. The number of rotatable bonds is 4. The molecule has 0 saturated heterocycles. The number of nitrogens with zero attached hydrogens (tertiary/aromatic N) is 5. The Bertz CT molecular complexity index is 2600. The first-order valence-electron chi connectivity index (χ1n) is 16.1. The Hall–Kier alpha value is -6.33. The van der Waals surface area contributed by atoms with Gasteiger partial charge >= 0.3 is 0 Å². The lowest BCUT2D eigenvalue weighted by Gasteiger charge is -2.15. The molecule has 0 unspecified atom stereocenters. The van der Waals surface area contributed by atoms with E-state index in [1.807, 2.05) is 12.3 Å². The van der Waals surface area contributed by atoms with Gasteiger partial charge in [0, 0.05) is 44.4 Å². The van der Waals surface area contributed by atoms with E-state index in [0.717, 1.165) is 55.1 Å². The Kier molecular flexibility index (Phi) is 6.51. The molecule has 0 atom stereocenters. The molecule has 3 aromatic heterocycles. The Morgan fingerprint density at radius 2 is 0.958 bits per heavy atom. The normalized spacial score (nSPS) is 11.5. The van der Waals surface area contributed by atoms with E-state index in [4.69, 9.17) is 24.9 Å². The smallest absolute Gasteiger partial charge is 0.166 e. The lowest BCUT2D eigenvalue weighted by Crippen LogP contribution is -2.02. The molecule has 0 aliphatic heterocycles. The maximum Gasteiger partial charge on any atom is 0.166 e. The molecule has 0 amide bonds. The zero-order valence-electron chi connectivity index (χ0n) is 26.5. The summed E-state index contributed by atoms with van der Waals surface area (Å²) in [6.45, 7) is 4.16. The summed E-state index contributed by atoms with van der Waals surface area (Å²) in [6, 6.07) is 46.2. The van der Waals surface area contributed by atoms with E-state index >= 15 is 0 Å². The maximum absolute atomic E-state index is 5.25. The summed E-state index contributed by atoms with van der Waals surface area (Å²) in [5, 5.41) is 7.78. The van der Waals surface area contributed by atoms with Crippen molar-refractivity contribution in [2.45, 2.75) is 13.8 Å². The van der Waals surface area contributed by atoms with Crippen LogP contribution in [0.1, 0.15) is 11.1 Å². The van der Waals surface area contributed by atoms with Gasteiger partial charge in [-0.1, -0.05) is 139 Å². The van der Waals surface area contributed by atoms with E-state index in [-0.39, 0.29) is 0 Å². The van der Waals surface area contributed by atoms with Gasteiger partial charge in [0.05, 0.1) is 16.9 Å². The lowest BCUT2D eigenvalue weighted by atomic mass is 9.95. The SMILES string of the molecule is Cc1ccc(-c2nc(-c3ccc(C)cc3)nc(-c3cnc(-c4nc5ccccc5c5c4ccc4ccccc45)c4ccccc34)n2)cc1. The third-order valence-corrected chi connectivity index (χ3v) is 9.11. The van der Waals surface area contributed by atoms with Crippen LogP contribution in [0.3, 0.4) is 0 Å². The zero-order valence-corrected chi connectivity index (χ0v) is 26.5. The van der Waals surface area contributed by atoms with Crippen LogP contribution in [-0.2, 0) is 0 Å². The van der Waals surface area contributed by atoms with E-state index in [2.05, 4.69) is 141 Å². The maximum atomic E-state index is 5.25. The molecule has 226 valence electrons. The fourth-order valence-corrected chi connectivity index (χ4v) is 6.62. The largest absolute Gasteiger partial charge is 0.253 e. The molecule has 0 N–H and O–H groups in total. The van der Waals surface area contributed by atoms with E-state index in [9.17, 15) is 0 Å². The summed E-state index contributed by atoms with van der Waals surface area (Å²) >= 11 is 0. The van der Waals surface area contributed by atoms with Crippen molar-refractivity contribution in [2.24, 2.45) is 0 Å². The number of aromatic nitrogens is 5. The summed E-state index contributed by atoms with van der Waals surface area (Å²) < 4.78 is 0. The van der Waals surface area contributed by atoms with Crippen molar-refractivity contribution in [3.63, 3.8) is 0 Å². The topological polar surface area (TPSA) is 64.5 Å². The number of fused-ring (bicyclic) bond motifs is 6. The second kappa shape index (κ2) is 11.2. The second-order valence-corrected chi connectivity index (χ2v) is 12.3. The number of aryl methyl sites for hydroxylation is 2. The minimum absolute atomic E-state index is 0.578. The van der Waals surface area contributed by atoms with Crippen LogP contribution < -0.4 is 0 Å². The standard InChI is InChI=1S/C43H29N5/c1-26-15-19-29(20-16-26)41-46-42(30-21-17-27(2)18-22-30)48-43(47-41)36-25-44-39(33-12-6-5-11-32(33)36)40-35-24-23-28-9-3-4-10-31(28)38(35)34-13-7-8-14-37(34)45-40/h3-25H,1-2H3. The number of hydrogen-bond donors (Lipinski definition) is 0. The highest BCUT2D eigenvalue weighted by atomic mass is 15.0. The molecule has 3 heterocycles. The molecular formula is C43H29N5. The monoisotopic (exact) mass is 615 g/mol. The molecule has 0 saturated carbocycles. The third-order valence-electron chi connectivity index (χ3n) is 9.11. The average molecular weight is 616 g/mol. The van der Waals surface area contributed by atoms with Gasteiger partial charge < -0.3 is 0 Å². The summed E-state index contributed by atoms with van der Waals surface area (Å²) in [4.78, 5) is 25.4. The fourth-order valence-electron chi connectivity index (χ4n) is 6.62. The van der Waals surface area contributed by atoms with Gasteiger partial charge in [0.2, 0.25) is 0 Å². The molecule has 0 bridgehead atoms. The molecule has 0 aliphatic rings. The highest BCUT2D eigenvalue weighted by Crippen LogP contribution is 2.40. The van der Waals surface area contributed by atoms with Crippen molar-refractivity contribution in [3.8, 4) is 45.6 Å². The predicted octanol–water partition coefficient (Wildman–Crippen LogP) is 10.6. The summed E-state index contributed by atoms with van der Waals surface area (Å²) in [5.41, 5.74) is 7.70. The number of benzene rings is 6. The Morgan fingerprint density at radius 3 is 1.65 bits per heavy atom. The molecule has 9 rings (SSSR count). The van der Waals surface area contributed by atoms with Crippen LogP contribution >= 0.6 is 0 Å². The van der Waals surface area contributed by atoms with Gasteiger partial charge in [-0.25, -0.2) is 19.9 Å². The first-order valence-corrected chi connectivity index (χ1v) is 16.1. The van der Waals surface area contributed by atoms with Crippen LogP contribution in [0.5, 0.6) is 0 Å². The number of para-hydroxylation sites is 1. The van der Waals surface area contributed by atoms with Gasteiger partial charge in [0.25, 0.3) is 0 Å². The van der Waals surface area contributed by atoms with Crippen LogP contribution in [0, 0.1) is 13.8 Å². The second-order valence-electron chi connectivity index (χ2n) is 12.3. The summed E-state index contributed by atoms with van der Waals surface area (Å²) in [5.74, 6) is 1.82. The Labute approximate surface area is 277 Å². The molecule has 5 heteroatoms. The molecule has 6 aromatic carbocycles. The van der Waals surface area contributed by atoms with Gasteiger partial charge in [-0.3, -0.25) is 4.98 Å². The molecule has 0 radical (unpaired) electrons. The quantitative estimate of drug-likeness (QED) is 0.184. The van der Waals surface area contributed by atoms with Gasteiger partial charge in [0.1, 0.15) is 0 Å². The number of hydrogen-bond acceptors (Lipinski definition) is 5. The fraction of sp³-hybridized carbons (Fsp3) is 0.0465. The van der Waals surface area contributed by atoms with Gasteiger partial charge in [-0.05, 0) is 36.1 Å². The Balaban J connectivity index is 1.30. The van der Waals surface area contributed by atoms with Crippen molar-refractivity contribution in [1.29, 1.82) is 0 Å². The van der Waals surface area contributed by atoms with Crippen molar-refractivity contribution >= 4 is 43.2 Å². The van der Waals surface area contributed by atoms with E-state index in [0.29, 0.717) is 17.5 Å². The molecule has 0 spiro atoms. The zero-order chi connectivity index (χ0) is 32.2. The van der Waals surface area contributed by atoms with E-state index in [1.54, 1.807) is 0 Å². The first-order chi connectivity index (χ1) is 23.6.